The molecule has 1 spiro atoms. The van der Waals surface area contributed by atoms with Crippen LogP contribution < -0.4 is 5.32 Å². The fourth-order valence-corrected chi connectivity index (χ4v) is 6.22. The number of allylic oxidation sites excluding steroid dienone is 3. The SMILES string of the molecule is CC(C)(C)CC1=C2C(N=N1)NC1=C(C(=O)CC(C)(C)C1)[C@]21CCCc2ccccc21. The van der Waals surface area contributed by atoms with Crippen molar-refractivity contribution in [2.75, 3.05) is 0 Å². The van der Waals surface area contributed by atoms with E-state index in [0.717, 1.165) is 49.1 Å². The van der Waals surface area contributed by atoms with Crippen molar-refractivity contribution in [2.24, 2.45) is 21.1 Å². The van der Waals surface area contributed by atoms with Crippen LogP contribution in [-0.4, -0.2) is 11.9 Å². The van der Waals surface area contributed by atoms with Gasteiger partial charge in [-0.25, -0.2) is 0 Å². The number of hydrogen-bond donors (Lipinski definition) is 1. The molecule has 0 saturated carbocycles. The zero-order valence-electron chi connectivity index (χ0n) is 18.9. The van der Waals surface area contributed by atoms with E-state index in [1.54, 1.807) is 0 Å². The fraction of sp³-hybridized carbons (Fsp3) is 0.577. The zero-order chi connectivity index (χ0) is 21.3. The number of ketones is 1. The van der Waals surface area contributed by atoms with Gasteiger partial charge in [-0.3, -0.25) is 4.79 Å². The van der Waals surface area contributed by atoms with E-state index in [4.69, 9.17) is 10.2 Å². The van der Waals surface area contributed by atoms with Gasteiger partial charge in [0.25, 0.3) is 0 Å². The molecule has 2 aliphatic carbocycles. The minimum Gasteiger partial charge on any atom is -0.362 e. The van der Waals surface area contributed by atoms with Crippen LogP contribution in [0.3, 0.4) is 0 Å². The lowest BCUT2D eigenvalue weighted by molar-refractivity contribution is -0.119. The maximum atomic E-state index is 13.7. The van der Waals surface area contributed by atoms with Crippen LogP contribution in [0.1, 0.15) is 77.8 Å². The highest BCUT2D eigenvalue weighted by molar-refractivity contribution is 6.01. The van der Waals surface area contributed by atoms with Gasteiger partial charge in [0.05, 0.1) is 11.1 Å². The number of aryl methyl sites for hydroxylation is 1. The maximum absolute atomic E-state index is 13.7. The van der Waals surface area contributed by atoms with Crippen molar-refractivity contribution in [1.82, 2.24) is 5.32 Å². The normalized spacial score (nSPS) is 29.6. The minimum atomic E-state index is -0.377. The molecule has 2 atom stereocenters. The van der Waals surface area contributed by atoms with Gasteiger partial charge in [-0.15, -0.1) is 0 Å². The zero-order valence-corrected chi connectivity index (χ0v) is 18.9. The summed E-state index contributed by atoms with van der Waals surface area (Å²) >= 11 is 0. The van der Waals surface area contributed by atoms with Crippen molar-refractivity contribution in [3.8, 4) is 0 Å². The molecular weight excluding hydrogens is 370 g/mol. The van der Waals surface area contributed by atoms with Crippen LogP contribution in [0.4, 0.5) is 0 Å². The summed E-state index contributed by atoms with van der Waals surface area (Å²) in [5.74, 6) is 0.304. The fourth-order valence-electron chi connectivity index (χ4n) is 6.22. The summed E-state index contributed by atoms with van der Waals surface area (Å²) in [6.45, 7) is 11.1. The Morgan fingerprint density at radius 3 is 2.70 bits per heavy atom. The molecule has 2 heterocycles. The molecule has 1 aromatic rings. The van der Waals surface area contributed by atoms with Crippen LogP contribution in [0, 0.1) is 10.8 Å². The number of rotatable bonds is 1. The number of fused-ring (bicyclic) bond motifs is 5. The van der Waals surface area contributed by atoms with Crippen LogP contribution in [0.15, 0.2) is 57.0 Å². The van der Waals surface area contributed by atoms with Crippen LogP contribution in [0.25, 0.3) is 0 Å². The molecule has 0 fully saturated rings. The molecule has 4 heteroatoms. The lowest BCUT2D eigenvalue weighted by Crippen LogP contribution is -2.53. The number of hydrogen-bond acceptors (Lipinski definition) is 4. The highest BCUT2D eigenvalue weighted by atomic mass is 16.1. The minimum absolute atomic E-state index is 0.0243. The monoisotopic (exact) mass is 403 g/mol. The second kappa shape index (κ2) is 6.38. The first kappa shape index (κ1) is 19.7. The molecule has 0 saturated heterocycles. The molecular formula is C26H33N3O. The molecule has 0 radical (unpaired) electrons. The topological polar surface area (TPSA) is 53.8 Å². The number of nitrogens with one attached hydrogen (secondary N) is 1. The Labute approximate surface area is 179 Å². The molecule has 1 aromatic carbocycles. The molecule has 1 unspecified atom stereocenters. The summed E-state index contributed by atoms with van der Waals surface area (Å²) in [7, 11) is 0. The second-order valence-electron chi connectivity index (χ2n) is 11.6. The first-order valence-corrected chi connectivity index (χ1v) is 11.4. The van der Waals surface area contributed by atoms with Crippen LogP contribution >= 0.6 is 0 Å². The quantitative estimate of drug-likeness (QED) is 0.626. The number of carbonyl (C=O) groups is 1. The number of benzene rings is 1. The Bertz CT molecular complexity index is 1020. The molecule has 4 aliphatic rings. The molecule has 5 rings (SSSR count). The average molecular weight is 404 g/mol. The van der Waals surface area contributed by atoms with Crippen LogP contribution in [-0.2, 0) is 16.6 Å². The summed E-state index contributed by atoms with van der Waals surface area (Å²) in [5.41, 5.74) is 6.86. The number of carbonyl (C=O) groups excluding carboxylic acids is 1. The third-order valence-corrected chi connectivity index (χ3v) is 7.12. The van der Waals surface area contributed by atoms with Crippen molar-refractivity contribution < 1.29 is 4.79 Å². The molecule has 0 bridgehead atoms. The number of azo groups is 1. The van der Waals surface area contributed by atoms with Crippen molar-refractivity contribution in [1.29, 1.82) is 0 Å². The summed E-state index contributed by atoms with van der Waals surface area (Å²) in [4.78, 5) is 13.7. The molecule has 0 aromatic heterocycles. The summed E-state index contributed by atoms with van der Waals surface area (Å²) in [6.07, 6.45) is 5.37. The summed E-state index contributed by atoms with van der Waals surface area (Å²) in [6, 6.07) is 8.77. The third kappa shape index (κ3) is 2.91. The smallest absolute Gasteiger partial charge is 0.165 e. The van der Waals surface area contributed by atoms with E-state index in [9.17, 15) is 4.79 Å². The van der Waals surface area contributed by atoms with Crippen LogP contribution in [0.2, 0.25) is 0 Å². The number of Topliss-reactive ketones (excluding diaryl/α,β-unsaturated/α-hetero) is 1. The van der Waals surface area contributed by atoms with Gasteiger partial charge in [-0.05, 0) is 54.1 Å². The van der Waals surface area contributed by atoms with Crippen molar-refractivity contribution in [2.45, 2.75) is 84.7 Å². The van der Waals surface area contributed by atoms with E-state index in [1.807, 2.05) is 0 Å². The van der Waals surface area contributed by atoms with Crippen molar-refractivity contribution in [3.63, 3.8) is 0 Å². The molecule has 2 aliphatic heterocycles. The molecule has 4 nitrogen and oxygen atoms in total. The van der Waals surface area contributed by atoms with E-state index in [0.29, 0.717) is 12.2 Å². The highest BCUT2D eigenvalue weighted by Crippen LogP contribution is 2.58. The Morgan fingerprint density at radius 1 is 1.17 bits per heavy atom. The molecule has 30 heavy (non-hydrogen) atoms. The second-order valence-corrected chi connectivity index (χ2v) is 11.6. The molecule has 0 amide bonds. The Kier molecular flexibility index (Phi) is 4.20. The largest absolute Gasteiger partial charge is 0.362 e. The van der Waals surface area contributed by atoms with E-state index >= 15 is 0 Å². The Morgan fingerprint density at radius 2 is 1.93 bits per heavy atom. The van der Waals surface area contributed by atoms with Gasteiger partial charge >= 0.3 is 0 Å². The van der Waals surface area contributed by atoms with Crippen LogP contribution in [0.5, 0.6) is 0 Å². The molecule has 1 N–H and O–H groups in total. The van der Waals surface area contributed by atoms with Gasteiger partial charge in [0.15, 0.2) is 11.9 Å². The Balaban J connectivity index is 1.81. The van der Waals surface area contributed by atoms with Gasteiger partial charge in [0.1, 0.15) is 0 Å². The van der Waals surface area contributed by atoms with Gasteiger partial charge < -0.3 is 5.32 Å². The summed E-state index contributed by atoms with van der Waals surface area (Å²) < 4.78 is 0. The predicted octanol–water partition coefficient (Wildman–Crippen LogP) is 5.99. The third-order valence-electron chi connectivity index (χ3n) is 7.12. The summed E-state index contributed by atoms with van der Waals surface area (Å²) in [5, 5.41) is 13.1. The van der Waals surface area contributed by atoms with E-state index in [1.165, 1.54) is 16.7 Å². The van der Waals surface area contributed by atoms with Crippen molar-refractivity contribution >= 4 is 5.78 Å². The lowest BCUT2D eigenvalue weighted by Gasteiger charge is -2.50. The van der Waals surface area contributed by atoms with E-state index < -0.39 is 0 Å². The van der Waals surface area contributed by atoms with Gasteiger partial charge in [-0.2, -0.15) is 10.2 Å². The van der Waals surface area contributed by atoms with Gasteiger partial charge in [-0.1, -0.05) is 58.9 Å². The molecule has 158 valence electrons. The first-order chi connectivity index (χ1) is 14.1. The lowest BCUT2D eigenvalue weighted by atomic mass is 9.55. The van der Waals surface area contributed by atoms with E-state index in [-0.39, 0.29) is 22.4 Å². The number of nitrogens with zero attached hydrogens (tertiary/aromatic N) is 2. The van der Waals surface area contributed by atoms with Gasteiger partial charge in [0.2, 0.25) is 0 Å². The highest BCUT2D eigenvalue weighted by Gasteiger charge is 2.56. The standard InChI is InChI=1S/C26H33N3O/c1-24(2,3)13-19-22-23(29-28-19)27-18-14-25(4,5)15-20(30)21(18)26(22)12-8-10-16-9-6-7-11-17(16)26/h6-7,9,11,23,27H,8,10,12-15H2,1-5H3/t23?,26-/m1/s1. The van der Waals surface area contributed by atoms with Gasteiger partial charge in [0, 0.05) is 23.3 Å². The Hall–Kier alpha value is -2.23. The van der Waals surface area contributed by atoms with E-state index in [2.05, 4.69) is 64.2 Å². The first-order valence-electron chi connectivity index (χ1n) is 11.4. The predicted molar refractivity (Wildman–Crippen MR) is 119 cm³/mol. The van der Waals surface area contributed by atoms with Crippen molar-refractivity contribution in [3.05, 3.63) is 57.9 Å². The average Bonchev–Trinajstić information content (AvgIpc) is 3.02. The maximum Gasteiger partial charge on any atom is 0.165 e.